The van der Waals surface area contributed by atoms with Gasteiger partial charge in [0.05, 0.1) is 10.0 Å². The average molecular weight is 392 g/mol. The van der Waals surface area contributed by atoms with Crippen molar-refractivity contribution in [2.45, 2.75) is 26.4 Å². The highest BCUT2D eigenvalue weighted by Gasteiger charge is 2.12. The molecule has 3 aromatic rings. The zero-order valence-electron chi connectivity index (χ0n) is 14.6. The summed E-state index contributed by atoms with van der Waals surface area (Å²) in [5, 5.41) is 11.9. The summed E-state index contributed by atoms with van der Waals surface area (Å²) in [6.07, 6.45) is 0.694. The van der Waals surface area contributed by atoms with Gasteiger partial charge in [-0.3, -0.25) is 4.90 Å². The van der Waals surface area contributed by atoms with E-state index >= 15 is 0 Å². The Morgan fingerprint density at radius 3 is 2.50 bits per heavy atom. The van der Waals surface area contributed by atoms with Gasteiger partial charge < -0.3 is 9.52 Å². The normalized spacial score (nSPS) is 11.4. The molecule has 0 amide bonds. The summed E-state index contributed by atoms with van der Waals surface area (Å²) in [6, 6.07) is 10.4. The lowest BCUT2D eigenvalue weighted by atomic mass is 10.0. The second-order valence-electron chi connectivity index (χ2n) is 6.34. The molecule has 0 saturated carbocycles. The first-order chi connectivity index (χ1) is 12.4. The molecule has 0 saturated heterocycles. The van der Waals surface area contributed by atoms with Gasteiger partial charge in [-0.2, -0.15) is 0 Å². The maximum Gasteiger partial charge on any atom is 0.336 e. The van der Waals surface area contributed by atoms with Crippen LogP contribution < -0.4 is 5.63 Å². The molecule has 26 heavy (non-hydrogen) atoms. The standard InChI is InChI=1S/C20H19Cl2NO3/c1-3-13-7-15-14(8-20(25)26-19(15)9-18(13)24)11-23(2)10-12-4-5-16(21)17(22)6-12/h4-9,24H,3,10-11H2,1-2H3. The second kappa shape index (κ2) is 7.70. The van der Waals surface area contributed by atoms with E-state index in [-0.39, 0.29) is 5.75 Å². The number of rotatable bonds is 5. The van der Waals surface area contributed by atoms with Crippen LogP contribution >= 0.6 is 23.2 Å². The predicted octanol–water partition coefficient (Wildman–Crippen LogP) is 5.00. The van der Waals surface area contributed by atoms with E-state index in [0.29, 0.717) is 35.1 Å². The minimum atomic E-state index is -0.431. The van der Waals surface area contributed by atoms with Crippen LogP contribution in [0.5, 0.6) is 5.75 Å². The van der Waals surface area contributed by atoms with E-state index in [9.17, 15) is 9.90 Å². The lowest BCUT2D eigenvalue weighted by molar-refractivity contribution is 0.319. The number of phenols is 1. The summed E-state index contributed by atoms with van der Waals surface area (Å²) >= 11 is 12.0. The number of benzene rings is 2. The fraction of sp³-hybridized carbons (Fsp3) is 0.250. The van der Waals surface area contributed by atoms with Crippen molar-refractivity contribution in [2.24, 2.45) is 0 Å². The second-order valence-corrected chi connectivity index (χ2v) is 7.16. The van der Waals surface area contributed by atoms with Crippen molar-refractivity contribution in [2.75, 3.05) is 7.05 Å². The summed E-state index contributed by atoms with van der Waals surface area (Å²) in [7, 11) is 1.96. The van der Waals surface area contributed by atoms with Crippen molar-refractivity contribution in [1.82, 2.24) is 4.90 Å². The van der Waals surface area contributed by atoms with Crippen molar-refractivity contribution in [3.63, 3.8) is 0 Å². The first kappa shape index (κ1) is 18.8. The molecule has 6 heteroatoms. The van der Waals surface area contributed by atoms with Gasteiger partial charge in [0.1, 0.15) is 11.3 Å². The van der Waals surface area contributed by atoms with Crippen LogP contribution in [0.3, 0.4) is 0 Å². The number of nitrogens with zero attached hydrogens (tertiary/aromatic N) is 1. The molecule has 0 fully saturated rings. The molecule has 0 radical (unpaired) electrons. The monoisotopic (exact) mass is 391 g/mol. The SMILES string of the molecule is CCc1cc2c(CN(C)Cc3ccc(Cl)c(Cl)c3)cc(=O)oc2cc1O. The maximum absolute atomic E-state index is 11.9. The summed E-state index contributed by atoms with van der Waals surface area (Å²) in [5.41, 5.74) is 2.67. The molecule has 0 atom stereocenters. The number of fused-ring (bicyclic) bond motifs is 1. The Morgan fingerprint density at radius 1 is 1.04 bits per heavy atom. The van der Waals surface area contributed by atoms with E-state index in [1.807, 2.05) is 32.2 Å². The molecule has 0 unspecified atom stereocenters. The van der Waals surface area contributed by atoms with Gasteiger partial charge >= 0.3 is 5.63 Å². The topological polar surface area (TPSA) is 53.7 Å². The van der Waals surface area contributed by atoms with Crippen molar-refractivity contribution in [3.8, 4) is 5.75 Å². The quantitative estimate of drug-likeness (QED) is 0.621. The number of hydrogen-bond donors (Lipinski definition) is 1. The Balaban J connectivity index is 1.91. The van der Waals surface area contributed by atoms with Crippen LogP contribution in [0.4, 0.5) is 0 Å². The zero-order chi connectivity index (χ0) is 18.8. The van der Waals surface area contributed by atoms with Crippen molar-refractivity contribution < 1.29 is 9.52 Å². The number of aromatic hydroxyl groups is 1. The van der Waals surface area contributed by atoms with Crippen LogP contribution in [0.15, 0.2) is 45.6 Å². The molecule has 0 aliphatic carbocycles. The third kappa shape index (κ3) is 4.04. The third-order valence-corrected chi connectivity index (χ3v) is 5.03. The first-order valence-corrected chi connectivity index (χ1v) is 9.04. The lowest BCUT2D eigenvalue weighted by Gasteiger charge is -2.18. The molecule has 2 aromatic carbocycles. The molecule has 0 aliphatic rings. The third-order valence-electron chi connectivity index (χ3n) is 4.29. The van der Waals surface area contributed by atoms with E-state index in [0.717, 1.165) is 22.1 Å². The van der Waals surface area contributed by atoms with E-state index < -0.39 is 5.63 Å². The lowest BCUT2D eigenvalue weighted by Crippen LogP contribution is -2.18. The summed E-state index contributed by atoms with van der Waals surface area (Å²) < 4.78 is 5.25. The Bertz CT molecular complexity index is 1010. The highest BCUT2D eigenvalue weighted by atomic mass is 35.5. The minimum Gasteiger partial charge on any atom is -0.508 e. The number of hydrogen-bond acceptors (Lipinski definition) is 4. The van der Waals surface area contributed by atoms with Gasteiger partial charge in [0.2, 0.25) is 0 Å². The highest BCUT2D eigenvalue weighted by molar-refractivity contribution is 6.42. The fourth-order valence-corrected chi connectivity index (χ4v) is 3.34. The molecule has 0 spiro atoms. The van der Waals surface area contributed by atoms with Crippen LogP contribution in [-0.4, -0.2) is 17.1 Å². The van der Waals surface area contributed by atoms with Gasteiger partial charge in [-0.25, -0.2) is 4.79 Å². The molecule has 136 valence electrons. The smallest absolute Gasteiger partial charge is 0.336 e. The summed E-state index contributed by atoms with van der Waals surface area (Å²) in [6.45, 7) is 3.17. The van der Waals surface area contributed by atoms with Crippen LogP contribution in [-0.2, 0) is 19.5 Å². The fourth-order valence-electron chi connectivity index (χ4n) is 3.02. The van der Waals surface area contributed by atoms with Gasteiger partial charge in [0.15, 0.2) is 0 Å². The molecule has 0 bridgehead atoms. The molecular formula is C20H19Cl2NO3. The first-order valence-electron chi connectivity index (χ1n) is 8.28. The van der Waals surface area contributed by atoms with Crippen LogP contribution in [0.1, 0.15) is 23.6 Å². The van der Waals surface area contributed by atoms with Crippen molar-refractivity contribution >= 4 is 34.2 Å². The molecule has 0 aliphatic heterocycles. The van der Waals surface area contributed by atoms with Gasteiger partial charge in [-0.15, -0.1) is 0 Å². The number of phenolic OH excluding ortho intramolecular Hbond substituents is 1. The van der Waals surface area contributed by atoms with Gasteiger partial charge in [0.25, 0.3) is 0 Å². The molecule has 1 aromatic heterocycles. The van der Waals surface area contributed by atoms with Gasteiger partial charge in [0, 0.05) is 30.6 Å². The van der Waals surface area contributed by atoms with E-state index in [4.69, 9.17) is 27.6 Å². The van der Waals surface area contributed by atoms with Crippen molar-refractivity contribution in [1.29, 1.82) is 0 Å². The highest BCUT2D eigenvalue weighted by Crippen LogP contribution is 2.28. The van der Waals surface area contributed by atoms with Crippen molar-refractivity contribution in [3.05, 3.63) is 73.6 Å². The zero-order valence-corrected chi connectivity index (χ0v) is 16.1. The largest absolute Gasteiger partial charge is 0.508 e. The average Bonchev–Trinajstić information content (AvgIpc) is 2.57. The van der Waals surface area contributed by atoms with E-state index in [1.165, 1.54) is 12.1 Å². The maximum atomic E-state index is 11.9. The Hall–Kier alpha value is -2.01. The van der Waals surface area contributed by atoms with Crippen LogP contribution in [0, 0.1) is 0 Å². The van der Waals surface area contributed by atoms with E-state index in [1.54, 1.807) is 6.07 Å². The van der Waals surface area contributed by atoms with Crippen LogP contribution in [0.25, 0.3) is 11.0 Å². The molecule has 1 heterocycles. The van der Waals surface area contributed by atoms with Gasteiger partial charge in [-0.1, -0.05) is 36.2 Å². The molecule has 4 nitrogen and oxygen atoms in total. The molecule has 1 N–H and O–H groups in total. The molecular weight excluding hydrogens is 373 g/mol. The Morgan fingerprint density at radius 2 is 1.81 bits per heavy atom. The summed E-state index contributed by atoms with van der Waals surface area (Å²) in [4.78, 5) is 14.0. The Labute approximate surface area is 161 Å². The number of aryl methyl sites for hydroxylation is 1. The molecule has 3 rings (SSSR count). The minimum absolute atomic E-state index is 0.143. The Kier molecular flexibility index (Phi) is 5.56. The van der Waals surface area contributed by atoms with Gasteiger partial charge in [-0.05, 0) is 48.4 Å². The van der Waals surface area contributed by atoms with E-state index in [2.05, 4.69) is 4.90 Å². The van der Waals surface area contributed by atoms with Crippen LogP contribution in [0.2, 0.25) is 10.0 Å². The summed E-state index contributed by atoms with van der Waals surface area (Å²) in [5.74, 6) is 0.143. The number of halogens is 2. The predicted molar refractivity (Wildman–Crippen MR) is 105 cm³/mol.